The quantitative estimate of drug-likeness (QED) is 0.324. The Morgan fingerprint density at radius 3 is 2.37 bits per heavy atom. The fraction of sp³-hybridized carbons (Fsp3) is 0.0385. The lowest BCUT2D eigenvalue weighted by molar-refractivity contribution is 0.866. The molecule has 0 spiro atoms. The molecular formula is C26H18BrN3. The molecule has 0 radical (unpaired) electrons. The van der Waals surface area contributed by atoms with Crippen LogP contribution in [0.1, 0.15) is 11.1 Å². The lowest BCUT2D eigenvalue weighted by Crippen LogP contribution is -2.11. The van der Waals surface area contributed by atoms with Crippen LogP contribution in [0.2, 0.25) is 0 Å². The summed E-state index contributed by atoms with van der Waals surface area (Å²) in [5, 5.41) is 5.86. The van der Waals surface area contributed by atoms with Crippen LogP contribution >= 0.6 is 15.9 Å². The summed E-state index contributed by atoms with van der Waals surface area (Å²) in [7, 11) is 0. The molecule has 30 heavy (non-hydrogen) atoms. The molecule has 1 aromatic heterocycles. The highest BCUT2D eigenvalue weighted by atomic mass is 79.9. The first-order valence-electron chi connectivity index (χ1n) is 9.98. The molecule has 0 atom stereocenters. The Balaban J connectivity index is 1.82. The van der Waals surface area contributed by atoms with Crippen molar-refractivity contribution < 1.29 is 0 Å². The first-order valence-corrected chi connectivity index (χ1v) is 10.8. The minimum absolute atomic E-state index is 0.777. The van der Waals surface area contributed by atoms with Crippen molar-refractivity contribution in [1.82, 2.24) is 14.9 Å². The van der Waals surface area contributed by atoms with Crippen LogP contribution in [0.15, 0.2) is 89.5 Å². The van der Waals surface area contributed by atoms with Crippen LogP contribution in [-0.4, -0.2) is 9.55 Å². The van der Waals surface area contributed by atoms with E-state index in [4.69, 9.17) is 4.98 Å². The maximum Gasteiger partial charge on any atom is 0.145 e. The minimum Gasteiger partial charge on any atom is -0.387 e. The molecule has 0 saturated carbocycles. The molecule has 4 heteroatoms. The van der Waals surface area contributed by atoms with Gasteiger partial charge in [-0.05, 0) is 47.5 Å². The molecule has 0 amide bonds. The smallest absolute Gasteiger partial charge is 0.145 e. The number of rotatable bonds is 2. The Hall–Kier alpha value is -3.37. The van der Waals surface area contributed by atoms with Gasteiger partial charge in [-0.15, -0.1) is 0 Å². The zero-order chi connectivity index (χ0) is 20.1. The number of hydrogen-bond donors (Lipinski definition) is 1. The van der Waals surface area contributed by atoms with Gasteiger partial charge in [-0.1, -0.05) is 70.5 Å². The third-order valence-corrected chi connectivity index (χ3v) is 6.25. The van der Waals surface area contributed by atoms with Crippen molar-refractivity contribution in [3.63, 3.8) is 0 Å². The van der Waals surface area contributed by atoms with E-state index in [9.17, 15) is 0 Å². The highest BCUT2D eigenvalue weighted by Gasteiger charge is 2.22. The summed E-state index contributed by atoms with van der Waals surface area (Å²) in [5.74, 6) is 0.955. The van der Waals surface area contributed by atoms with Gasteiger partial charge in [0, 0.05) is 33.2 Å². The van der Waals surface area contributed by atoms with Gasteiger partial charge in [0.05, 0.1) is 11.0 Å². The van der Waals surface area contributed by atoms with Crippen LogP contribution in [0, 0.1) is 0 Å². The second-order valence-electron chi connectivity index (χ2n) is 7.46. The monoisotopic (exact) mass is 451 g/mol. The topological polar surface area (TPSA) is 29.9 Å². The summed E-state index contributed by atoms with van der Waals surface area (Å²) in [4.78, 5) is 5.23. The number of aromatic nitrogens is 2. The number of benzene rings is 4. The molecule has 1 N–H and O–H groups in total. The number of halogens is 1. The van der Waals surface area contributed by atoms with E-state index < -0.39 is 0 Å². The van der Waals surface area contributed by atoms with Crippen molar-refractivity contribution in [1.29, 1.82) is 0 Å². The second kappa shape index (κ2) is 6.85. The maximum atomic E-state index is 5.23. The van der Waals surface area contributed by atoms with E-state index in [1.807, 2.05) is 6.20 Å². The molecule has 0 fully saturated rings. The number of para-hydroxylation sites is 1. The molecule has 4 aromatic carbocycles. The molecule has 6 rings (SSSR count). The molecule has 0 saturated heterocycles. The van der Waals surface area contributed by atoms with Crippen molar-refractivity contribution in [2.75, 3.05) is 0 Å². The summed E-state index contributed by atoms with van der Waals surface area (Å²) in [6.45, 7) is 0.777. The zero-order valence-corrected chi connectivity index (χ0v) is 17.7. The molecule has 3 nitrogen and oxygen atoms in total. The van der Waals surface area contributed by atoms with Gasteiger partial charge in [-0.25, -0.2) is 4.98 Å². The SMILES string of the molecule is Brc1ccc(-c2nc3c4c(c5ccccc5c3n2-c2ccccc2)C=CNC4)cc1. The van der Waals surface area contributed by atoms with Gasteiger partial charge >= 0.3 is 0 Å². The number of fused-ring (bicyclic) bond motifs is 6. The summed E-state index contributed by atoms with van der Waals surface area (Å²) >= 11 is 3.55. The third kappa shape index (κ3) is 2.61. The fourth-order valence-corrected chi connectivity index (χ4v) is 4.65. The van der Waals surface area contributed by atoms with Crippen molar-refractivity contribution in [3.8, 4) is 17.1 Å². The highest BCUT2D eigenvalue weighted by Crippen LogP contribution is 2.39. The predicted molar refractivity (Wildman–Crippen MR) is 128 cm³/mol. The van der Waals surface area contributed by atoms with Gasteiger partial charge in [0.1, 0.15) is 5.82 Å². The van der Waals surface area contributed by atoms with Gasteiger partial charge in [-0.2, -0.15) is 0 Å². The normalized spacial score (nSPS) is 12.8. The first kappa shape index (κ1) is 17.5. The molecule has 0 aliphatic carbocycles. The van der Waals surface area contributed by atoms with Crippen molar-refractivity contribution >= 4 is 43.8 Å². The number of nitrogens with zero attached hydrogens (tertiary/aromatic N) is 2. The zero-order valence-electron chi connectivity index (χ0n) is 16.1. The Labute approximate surface area is 182 Å². The molecular weight excluding hydrogens is 434 g/mol. The van der Waals surface area contributed by atoms with E-state index in [0.29, 0.717) is 0 Å². The molecule has 2 heterocycles. The van der Waals surface area contributed by atoms with E-state index >= 15 is 0 Å². The molecule has 0 unspecified atom stereocenters. The van der Waals surface area contributed by atoms with E-state index in [1.54, 1.807) is 0 Å². The van der Waals surface area contributed by atoms with E-state index in [-0.39, 0.29) is 0 Å². The van der Waals surface area contributed by atoms with Crippen molar-refractivity contribution in [2.45, 2.75) is 6.54 Å². The lowest BCUT2D eigenvalue weighted by atomic mass is 9.95. The molecule has 1 aliphatic rings. The first-order chi connectivity index (χ1) is 14.8. The standard InChI is InChI=1S/C26H18BrN3/c27-18-12-10-17(11-13-18)26-29-24-23-16-28-15-14-21(23)20-8-4-5-9-22(20)25(24)30(26)19-6-2-1-3-7-19/h1-15,28H,16H2. The van der Waals surface area contributed by atoms with Gasteiger partial charge in [0.15, 0.2) is 0 Å². The van der Waals surface area contributed by atoms with Crippen LogP contribution < -0.4 is 5.32 Å². The third-order valence-electron chi connectivity index (χ3n) is 5.72. The second-order valence-corrected chi connectivity index (χ2v) is 8.38. The molecule has 0 bridgehead atoms. The van der Waals surface area contributed by atoms with Gasteiger partial charge in [0.2, 0.25) is 0 Å². The summed E-state index contributed by atoms with van der Waals surface area (Å²) in [6.07, 6.45) is 4.20. The number of hydrogen-bond acceptors (Lipinski definition) is 2. The number of nitrogens with one attached hydrogen (secondary N) is 1. The van der Waals surface area contributed by atoms with Crippen LogP contribution in [0.4, 0.5) is 0 Å². The summed E-state index contributed by atoms with van der Waals surface area (Å²) < 4.78 is 3.37. The van der Waals surface area contributed by atoms with Crippen LogP contribution in [0.5, 0.6) is 0 Å². The van der Waals surface area contributed by atoms with Crippen molar-refractivity contribution in [3.05, 3.63) is 101 Å². The van der Waals surface area contributed by atoms with E-state index in [0.717, 1.165) is 39.1 Å². The van der Waals surface area contributed by atoms with Gasteiger partial charge in [0.25, 0.3) is 0 Å². The Morgan fingerprint density at radius 2 is 1.57 bits per heavy atom. The summed E-state index contributed by atoms with van der Waals surface area (Å²) in [5.41, 5.74) is 6.93. The average Bonchev–Trinajstić information content (AvgIpc) is 3.21. The highest BCUT2D eigenvalue weighted by molar-refractivity contribution is 9.10. The Morgan fingerprint density at radius 1 is 0.833 bits per heavy atom. The van der Waals surface area contributed by atoms with Crippen LogP contribution in [0.25, 0.3) is 45.0 Å². The Bertz CT molecular complexity index is 1430. The van der Waals surface area contributed by atoms with Gasteiger partial charge in [-0.3, -0.25) is 4.57 Å². The largest absolute Gasteiger partial charge is 0.387 e. The fourth-order valence-electron chi connectivity index (χ4n) is 4.39. The minimum atomic E-state index is 0.777. The molecule has 1 aliphatic heterocycles. The predicted octanol–water partition coefficient (Wildman–Crippen LogP) is 6.68. The average molecular weight is 452 g/mol. The van der Waals surface area contributed by atoms with Gasteiger partial charge < -0.3 is 5.32 Å². The van der Waals surface area contributed by atoms with E-state index in [2.05, 4.69) is 111 Å². The molecule has 144 valence electrons. The number of imidazole rings is 1. The molecule has 5 aromatic rings. The van der Waals surface area contributed by atoms with Crippen molar-refractivity contribution in [2.24, 2.45) is 0 Å². The van der Waals surface area contributed by atoms with Crippen LogP contribution in [-0.2, 0) is 6.54 Å². The maximum absolute atomic E-state index is 5.23. The van der Waals surface area contributed by atoms with Crippen LogP contribution in [0.3, 0.4) is 0 Å². The Kier molecular flexibility index (Phi) is 3.99. The summed E-state index contributed by atoms with van der Waals surface area (Å²) in [6, 6.07) is 27.5. The lowest BCUT2D eigenvalue weighted by Gasteiger charge is -2.17. The van der Waals surface area contributed by atoms with E-state index in [1.165, 1.54) is 21.9 Å².